The summed E-state index contributed by atoms with van der Waals surface area (Å²) < 4.78 is 12.1. The average molecular weight is 423 g/mol. The van der Waals surface area contributed by atoms with Crippen molar-refractivity contribution >= 4 is 29.3 Å². The summed E-state index contributed by atoms with van der Waals surface area (Å²) in [6.45, 7) is 0.479. The Hall–Kier alpha value is -3.76. The van der Waals surface area contributed by atoms with Crippen molar-refractivity contribution < 1.29 is 14.3 Å². The highest BCUT2D eigenvalue weighted by atomic mass is 35.5. The van der Waals surface area contributed by atoms with Crippen molar-refractivity contribution in [1.82, 2.24) is 9.78 Å². The lowest BCUT2D eigenvalue weighted by Gasteiger charge is -2.10. The zero-order valence-corrected chi connectivity index (χ0v) is 17.2. The fourth-order valence-corrected chi connectivity index (χ4v) is 2.96. The molecule has 30 heavy (non-hydrogen) atoms. The predicted octanol–water partition coefficient (Wildman–Crippen LogP) is 4.15. The summed E-state index contributed by atoms with van der Waals surface area (Å²) in [5, 5.41) is 17.0. The zero-order chi connectivity index (χ0) is 21.5. The van der Waals surface area contributed by atoms with E-state index in [-0.39, 0.29) is 5.57 Å². The van der Waals surface area contributed by atoms with Crippen LogP contribution in [0.5, 0.6) is 11.5 Å². The summed E-state index contributed by atoms with van der Waals surface area (Å²) in [6, 6.07) is 14.4. The molecule has 0 bridgehead atoms. The van der Waals surface area contributed by atoms with Gasteiger partial charge in [0.2, 0.25) is 0 Å². The molecule has 1 N–H and O–H groups in total. The molecule has 1 amide bonds. The van der Waals surface area contributed by atoms with Crippen LogP contribution in [-0.4, -0.2) is 29.9 Å². The molecule has 0 saturated heterocycles. The Balaban J connectivity index is 1.74. The molecule has 0 aliphatic carbocycles. The molecule has 7 nitrogen and oxygen atoms in total. The number of hydrogen-bond donors (Lipinski definition) is 1. The number of aromatic nitrogens is 2. The van der Waals surface area contributed by atoms with Gasteiger partial charge in [-0.25, -0.2) is 0 Å². The molecule has 0 saturated carbocycles. The van der Waals surface area contributed by atoms with Crippen LogP contribution in [0.15, 0.2) is 60.4 Å². The summed E-state index contributed by atoms with van der Waals surface area (Å²) in [5.74, 6) is 0.472. The van der Waals surface area contributed by atoms with Crippen molar-refractivity contribution in [2.24, 2.45) is 0 Å². The van der Waals surface area contributed by atoms with Crippen molar-refractivity contribution in [2.45, 2.75) is 6.54 Å². The van der Waals surface area contributed by atoms with E-state index in [1.54, 1.807) is 35.3 Å². The third-order valence-electron chi connectivity index (χ3n) is 4.26. The van der Waals surface area contributed by atoms with Gasteiger partial charge in [0.1, 0.15) is 11.6 Å². The van der Waals surface area contributed by atoms with Gasteiger partial charge in [-0.1, -0.05) is 29.8 Å². The van der Waals surface area contributed by atoms with Gasteiger partial charge in [0.15, 0.2) is 11.5 Å². The number of nitrogens with one attached hydrogen (secondary N) is 1. The smallest absolute Gasteiger partial charge is 0.266 e. The number of nitriles is 1. The van der Waals surface area contributed by atoms with Gasteiger partial charge < -0.3 is 14.8 Å². The molecule has 3 rings (SSSR count). The Morgan fingerprint density at radius 1 is 1.23 bits per heavy atom. The molecule has 3 aromatic rings. The molecule has 0 radical (unpaired) electrons. The van der Waals surface area contributed by atoms with Crippen molar-refractivity contribution in [1.29, 1.82) is 5.26 Å². The molecule has 0 fully saturated rings. The number of rotatable bonds is 7. The highest BCUT2D eigenvalue weighted by Crippen LogP contribution is 2.30. The molecular weight excluding hydrogens is 404 g/mol. The number of halogens is 1. The fraction of sp³-hybridized carbons (Fsp3) is 0.136. The molecule has 1 heterocycles. The first-order valence-corrected chi connectivity index (χ1v) is 9.33. The maximum atomic E-state index is 12.5. The average Bonchev–Trinajstić information content (AvgIpc) is 3.20. The van der Waals surface area contributed by atoms with Gasteiger partial charge in [-0.2, -0.15) is 10.4 Å². The molecule has 0 atom stereocenters. The second-order valence-corrected chi connectivity index (χ2v) is 6.66. The Kier molecular flexibility index (Phi) is 6.73. The van der Waals surface area contributed by atoms with E-state index in [1.807, 2.05) is 30.3 Å². The van der Waals surface area contributed by atoms with Crippen LogP contribution >= 0.6 is 11.6 Å². The number of hydrogen-bond acceptors (Lipinski definition) is 5. The van der Waals surface area contributed by atoms with Crippen molar-refractivity contribution in [3.05, 3.63) is 76.6 Å². The molecule has 152 valence electrons. The van der Waals surface area contributed by atoms with Gasteiger partial charge in [-0.15, -0.1) is 0 Å². The maximum absolute atomic E-state index is 12.5. The summed E-state index contributed by atoms with van der Waals surface area (Å²) in [7, 11) is 3.03. The minimum Gasteiger partial charge on any atom is -0.493 e. The van der Waals surface area contributed by atoms with Gasteiger partial charge in [-0.3, -0.25) is 9.48 Å². The van der Waals surface area contributed by atoms with Crippen LogP contribution in [-0.2, 0) is 11.3 Å². The topological polar surface area (TPSA) is 89.2 Å². The van der Waals surface area contributed by atoms with E-state index < -0.39 is 5.91 Å². The molecule has 8 heteroatoms. The van der Waals surface area contributed by atoms with Crippen LogP contribution in [0.2, 0.25) is 5.02 Å². The van der Waals surface area contributed by atoms with Crippen LogP contribution in [0.4, 0.5) is 5.69 Å². The standard InChI is InChI=1S/C22H19ClN4O3/c1-29-20-8-7-18(10-21(20)30-2)26-22(28)17(11-24)9-15-12-25-27(13-15)14-16-5-3-4-6-19(16)23/h3-10,12-13H,14H2,1-2H3,(H,26,28)/b17-9+. The Bertz CT molecular complexity index is 1130. The van der Waals surface area contributed by atoms with Crippen LogP contribution in [0.1, 0.15) is 11.1 Å². The van der Waals surface area contributed by atoms with E-state index in [9.17, 15) is 10.1 Å². The largest absolute Gasteiger partial charge is 0.493 e. The molecule has 0 unspecified atom stereocenters. The number of anilines is 1. The molecule has 0 aliphatic heterocycles. The Morgan fingerprint density at radius 2 is 2.00 bits per heavy atom. The number of ether oxygens (including phenoxy) is 2. The Labute approximate surface area is 179 Å². The van der Waals surface area contributed by atoms with E-state index in [0.29, 0.717) is 34.3 Å². The molecule has 2 aromatic carbocycles. The SMILES string of the molecule is COc1ccc(NC(=O)/C(C#N)=C/c2cnn(Cc3ccccc3Cl)c2)cc1OC. The normalized spacial score (nSPS) is 10.9. The van der Waals surface area contributed by atoms with Gasteiger partial charge >= 0.3 is 0 Å². The second-order valence-electron chi connectivity index (χ2n) is 6.26. The van der Waals surface area contributed by atoms with Crippen LogP contribution in [0.3, 0.4) is 0 Å². The third kappa shape index (κ3) is 4.99. The van der Waals surface area contributed by atoms with Crippen molar-refractivity contribution in [3.63, 3.8) is 0 Å². The highest BCUT2D eigenvalue weighted by Gasteiger charge is 2.12. The minimum absolute atomic E-state index is 0.0536. The van der Waals surface area contributed by atoms with Gasteiger partial charge in [0.25, 0.3) is 5.91 Å². The minimum atomic E-state index is -0.538. The van der Waals surface area contributed by atoms with Crippen molar-refractivity contribution in [2.75, 3.05) is 19.5 Å². The van der Waals surface area contributed by atoms with Crippen molar-refractivity contribution in [3.8, 4) is 17.6 Å². The summed E-state index contributed by atoms with van der Waals surface area (Å²) in [4.78, 5) is 12.5. The number of nitrogens with zero attached hydrogens (tertiary/aromatic N) is 3. The van der Waals surface area contributed by atoms with E-state index in [1.165, 1.54) is 20.3 Å². The lowest BCUT2D eigenvalue weighted by molar-refractivity contribution is -0.112. The van der Waals surface area contributed by atoms with Crippen LogP contribution in [0, 0.1) is 11.3 Å². The van der Waals surface area contributed by atoms with Crippen LogP contribution < -0.4 is 14.8 Å². The van der Waals surface area contributed by atoms with E-state index >= 15 is 0 Å². The molecular formula is C22H19ClN4O3. The van der Waals surface area contributed by atoms with Crippen LogP contribution in [0.25, 0.3) is 6.08 Å². The monoisotopic (exact) mass is 422 g/mol. The Morgan fingerprint density at radius 3 is 2.70 bits per heavy atom. The van der Waals surface area contributed by atoms with Gasteiger partial charge in [0.05, 0.1) is 27.0 Å². The quantitative estimate of drug-likeness (QED) is 0.456. The zero-order valence-electron chi connectivity index (χ0n) is 16.4. The molecule has 0 aliphatic rings. The number of carbonyl (C=O) groups is 1. The maximum Gasteiger partial charge on any atom is 0.266 e. The fourth-order valence-electron chi connectivity index (χ4n) is 2.77. The number of methoxy groups -OCH3 is 2. The number of benzene rings is 2. The first-order chi connectivity index (χ1) is 14.5. The molecule has 0 spiro atoms. The van der Waals surface area contributed by atoms with E-state index in [4.69, 9.17) is 21.1 Å². The summed E-state index contributed by atoms with van der Waals surface area (Å²) in [5.41, 5.74) is 1.97. The van der Waals surface area contributed by atoms with E-state index in [0.717, 1.165) is 5.56 Å². The summed E-state index contributed by atoms with van der Waals surface area (Å²) in [6.07, 6.45) is 4.80. The first kappa shape index (κ1) is 21.0. The number of amides is 1. The number of carbonyl (C=O) groups excluding carboxylic acids is 1. The van der Waals surface area contributed by atoms with E-state index in [2.05, 4.69) is 10.4 Å². The first-order valence-electron chi connectivity index (χ1n) is 8.95. The lowest BCUT2D eigenvalue weighted by Crippen LogP contribution is -2.13. The summed E-state index contributed by atoms with van der Waals surface area (Å²) >= 11 is 6.18. The predicted molar refractivity (Wildman–Crippen MR) is 115 cm³/mol. The third-order valence-corrected chi connectivity index (χ3v) is 4.63. The van der Waals surface area contributed by atoms with Gasteiger partial charge in [-0.05, 0) is 29.8 Å². The van der Waals surface area contributed by atoms with Gasteiger partial charge in [0, 0.05) is 28.5 Å². The lowest BCUT2D eigenvalue weighted by atomic mass is 10.2. The molecule has 1 aromatic heterocycles. The highest BCUT2D eigenvalue weighted by molar-refractivity contribution is 6.31. The second kappa shape index (κ2) is 9.63.